The fourth-order valence-corrected chi connectivity index (χ4v) is 0. The van der Waals surface area contributed by atoms with Crippen molar-refractivity contribution >= 4 is 41.6 Å². The molecule has 0 saturated carbocycles. The summed E-state index contributed by atoms with van der Waals surface area (Å²) in [5.74, 6) is 0. The van der Waals surface area contributed by atoms with Gasteiger partial charge in [0.25, 0.3) is 0 Å². The molecule has 0 amide bonds. The second kappa shape index (κ2) is 12.9. The Bertz CT molecular complexity index is 473. The van der Waals surface area contributed by atoms with Gasteiger partial charge in [-0.3, -0.25) is 35.0 Å². The molecule has 0 spiro atoms. The molecule has 0 saturated heterocycles. The molecule has 0 aliphatic carbocycles. The first-order chi connectivity index (χ1) is 8.00. The molecule has 0 atom stereocenters. The average Bonchev–Trinajstić information content (AvgIpc) is 1.62. The molecule has 0 aromatic carbocycles. The van der Waals surface area contributed by atoms with Crippen molar-refractivity contribution in [2.24, 2.45) is 0 Å². The minimum absolute atomic E-state index is 0. The molecule has 0 radical (unpaired) electrons. The van der Waals surface area contributed by atoms with Crippen LogP contribution >= 0.6 is 0 Å². The summed E-state index contributed by atoms with van der Waals surface area (Å²) in [7, 11) is -19.7. The zero-order valence-electron chi connectivity index (χ0n) is 8.82. The van der Waals surface area contributed by atoms with Gasteiger partial charge in [0.1, 0.15) is 0 Å². The Balaban J connectivity index is -0.0000000533. The number of hydrogen-bond acceptors (Lipinski definition) is 12. The maximum atomic E-state index is 8.74. The third-order valence-electron chi connectivity index (χ3n) is 0. The van der Waals surface area contributed by atoms with E-state index in [0.717, 1.165) is 0 Å². The second-order valence-corrected chi connectivity index (χ2v) is 5.14. The van der Waals surface area contributed by atoms with Crippen LogP contribution in [0, 0.1) is 0 Å². The predicted octanol–water partition coefficient (Wildman–Crippen LogP) is -3.98. The Morgan fingerprint density at radius 2 is 0.476 bits per heavy atom. The van der Waals surface area contributed by atoms with E-state index >= 15 is 0 Å². The Kier molecular flexibility index (Phi) is 20.3. The molecule has 0 fully saturated rings. The van der Waals surface area contributed by atoms with Gasteiger partial charge in [-0.15, -0.1) is 0 Å². The van der Waals surface area contributed by atoms with Gasteiger partial charge in [0.2, 0.25) is 0 Å². The van der Waals surface area contributed by atoms with Gasteiger partial charge in [-0.25, -0.2) is 0 Å². The van der Waals surface area contributed by atoms with E-state index in [9.17, 15) is 0 Å². The largest absolute Gasteiger partial charge is 4.00 e. The van der Waals surface area contributed by atoms with E-state index in [4.69, 9.17) is 70.1 Å². The molecule has 21 heavy (non-hydrogen) atoms. The SMILES string of the molecule is O=S(=O)(O)O.O=S(=O)(O)O.O=S(=O)([O-])[O-].O=S(=O)([O-])[O-].[Zr+4]. The summed E-state index contributed by atoms with van der Waals surface area (Å²) < 4.78 is 131. The molecule has 0 bridgehead atoms. The Labute approximate surface area is 137 Å². The maximum Gasteiger partial charge on any atom is 4.00 e. The molecule has 16 nitrogen and oxygen atoms in total. The molecule has 4 N–H and O–H groups in total. The number of hydrogen-bond donors (Lipinski definition) is 4. The summed E-state index contributed by atoms with van der Waals surface area (Å²) in [5, 5.41) is 0. The van der Waals surface area contributed by atoms with Crippen LogP contribution in [0.15, 0.2) is 0 Å². The first-order valence-electron chi connectivity index (χ1n) is 2.73. The fraction of sp³-hybridized carbons (Fsp3) is 0. The van der Waals surface area contributed by atoms with Crippen molar-refractivity contribution in [1.29, 1.82) is 0 Å². The van der Waals surface area contributed by atoms with Crippen molar-refractivity contribution in [2.75, 3.05) is 0 Å². The fourth-order valence-electron chi connectivity index (χ4n) is 0. The second-order valence-electron chi connectivity index (χ2n) is 1.71. The van der Waals surface area contributed by atoms with Crippen LogP contribution in [0.4, 0.5) is 0 Å². The first-order valence-corrected chi connectivity index (χ1v) is 8.19. The molecule has 0 aromatic rings. The van der Waals surface area contributed by atoms with Gasteiger partial charge >= 0.3 is 47.0 Å². The number of rotatable bonds is 0. The van der Waals surface area contributed by atoms with Gasteiger partial charge in [0, 0.05) is 20.8 Å². The molecule has 0 aliphatic rings. The molecule has 0 aromatic heterocycles. The van der Waals surface area contributed by atoms with Crippen molar-refractivity contribution in [3.63, 3.8) is 0 Å². The van der Waals surface area contributed by atoms with Crippen molar-refractivity contribution in [2.45, 2.75) is 0 Å². The molecule has 0 rings (SSSR count). The summed E-state index contributed by atoms with van der Waals surface area (Å²) >= 11 is 0. The molecule has 21 heteroatoms. The van der Waals surface area contributed by atoms with Crippen molar-refractivity contribution in [1.82, 2.24) is 0 Å². The van der Waals surface area contributed by atoms with E-state index in [-0.39, 0.29) is 26.2 Å². The van der Waals surface area contributed by atoms with E-state index in [1.54, 1.807) is 0 Å². The van der Waals surface area contributed by atoms with Gasteiger partial charge in [0.15, 0.2) is 0 Å². The van der Waals surface area contributed by atoms with Gasteiger partial charge in [-0.1, -0.05) is 0 Å². The van der Waals surface area contributed by atoms with Crippen molar-refractivity contribution in [3.8, 4) is 0 Å². The van der Waals surface area contributed by atoms with Crippen LogP contribution in [0.1, 0.15) is 0 Å². The van der Waals surface area contributed by atoms with E-state index < -0.39 is 41.6 Å². The Morgan fingerprint density at radius 1 is 0.476 bits per heavy atom. The van der Waals surface area contributed by atoms with E-state index in [2.05, 4.69) is 0 Å². The molecule has 0 unspecified atom stereocenters. The molecule has 128 valence electrons. The minimum atomic E-state index is -5.17. The smallest absolute Gasteiger partial charge is 0.759 e. The van der Waals surface area contributed by atoms with E-state index in [1.165, 1.54) is 0 Å². The van der Waals surface area contributed by atoms with Gasteiger partial charge in [0.05, 0.1) is 0 Å². The van der Waals surface area contributed by atoms with Gasteiger partial charge < -0.3 is 18.2 Å². The molecular formula is H4O16S4Zr. The van der Waals surface area contributed by atoms with Crippen LogP contribution in [0.5, 0.6) is 0 Å². The van der Waals surface area contributed by atoms with E-state index in [0.29, 0.717) is 0 Å². The Morgan fingerprint density at radius 3 is 0.476 bits per heavy atom. The first kappa shape index (κ1) is 33.1. The third-order valence-corrected chi connectivity index (χ3v) is 0. The van der Waals surface area contributed by atoms with Gasteiger partial charge in [-0.05, 0) is 0 Å². The van der Waals surface area contributed by atoms with Crippen LogP contribution in [0.3, 0.4) is 0 Å². The summed E-state index contributed by atoms with van der Waals surface area (Å²) in [4.78, 5) is 0. The van der Waals surface area contributed by atoms with Crippen LogP contribution in [0.2, 0.25) is 0 Å². The van der Waals surface area contributed by atoms with E-state index in [1.807, 2.05) is 0 Å². The summed E-state index contributed by atoms with van der Waals surface area (Å²) in [5.41, 5.74) is 0. The van der Waals surface area contributed by atoms with Crippen LogP contribution in [0.25, 0.3) is 0 Å². The summed E-state index contributed by atoms with van der Waals surface area (Å²) in [6.07, 6.45) is 0. The standard InChI is InChI=1S/4H2O4S.Zr/c4*1-5(2,3)4;/h4*(H2,1,2,3,4);/q;;;;+4/p-4. The van der Waals surface area contributed by atoms with Crippen LogP contribution in [-0.4, -0.2) is 70.1 Å². The Hall–Kier alpha value is 0.363. The monoisotopic (exact) mass is 478 g/mol. The van der Waals surface area contributed by atoms with Crippen LogP contribution < -0.4 is 0 Å². The quantitative estimate of drug-likeness (QED) is 0.190. The third kappa shape index (κ3) is 52100. The predicted molar refractivity (Wildman–Crippen MR) is 49.3 cm³/mol. The topological polar surface area (TPSA) is 310 Å². The molecule has 0 aliphatic heterocycles. The summed E-state index contributed by atoms with van der Waals surface area (Å²) in [6.45, 7) is 0. The average molecular weight is 480 g/mol. The zero-order chi connectivity index (χ0) is 18.0. The minimum Gasteiger partial charge on any atom is -0.759 e. The summed E-state index contributed by atoms with van der Waals surface area (Å²) in [6, 6.07) is 0. The molecular weight excluding hydrogens is 475 g/mol. The zero-order valence-corrected chi connectivity index (χ0v) is 14.5. The van der Waals surface area contributed by atoms with Crippen molar-refractivity contribution < 1.29 is 96.3 Å². The van der Waals surface area contributed by atoms with Gasteiger partial charge in [-0.2, -0.15) is 16.8 Å². The maximum absolute atomic E-state index is 8.74. The van der Waals surface area contributed by atoms with Crippen molar-refractivity contribution in [3.05, 3.63) is 0 Å². The normalized spacial score (nSPS) is 11.0. The van der Waals surface area contributed by atoms with Crippen LogP contribution in [-0.2, 0) is 67.8 Å². The molecule has 0 heterocycles.